The first kappa shape index (κ1) is 21.3. The number of carbonyl (C=O) groups is 2. The highest BCUT2D eigenvalue weighted by Gasteiger charge is 2.44. The standard InChI is InChI=1S/C18H19F3N4O3/c1-16(2,3)28-14(26)13-9-17(4,25-24-13)15(27)23-10-6-7-12(22-5)11(8-10)18(19,20)21/h6-8,13H,9H2,1-4H3,(H,23,27). The lowest BCUT2D eigenvalue weighted by Gasteiger charge is -2.22. The van der Waals surface area contributed by atoms with Crippen LogP contribution in [0, 0.1) is 6.57 Å². The summed E-state index contributed by atoms with van der Waals surface area (Å²) < 4.78 is 44.4. The highest BCUT2D eigenvalue weighted by Crippen LogP contribution is 2.38. The maximum atomic E-state index is 13.1. The Morgan fingerprint density at radius 3 is 2.50 bits per heavy atom. The average Bonchev–Trinajstić information content (AvgIpc) is 2.96. The molecule has 1 aliphatic heterocycles. The van der Waals surface area contributed by atoms with Crippen molar-refractivity contribution >= 4 is 23.3 Å². The molecule has 1 amide bonds. The van der Waals surface area contributed by atoms with E-state index < -0.39 is 46.5 Å². The molecule has 0 aliphatic carbocycles. The fraction of sp³-hybridized carbons (Fsp3) is 0.500. The number of ether oxygens (including phenoxy) is 1. The molecule has 0 spiro atoms. The predicted octanol–water partition coefficient (Wildman–Crippen LogP) is 4.52. The number of azo groups is 1. The summed E-state index contributed by atoms with van der Waals surface area (Å²) >= 11 is 0. The summed E-state index contributed by atoms with van der Waals surface area (Å²) in [5, 5.41) is 9.98. The number of amides is 1. The van der Waals surface area contributed by atoms with Gasteiger partial charge in [0.05, 0.1) is 12.1 Å². The minimum Gasteiger partial charge on any atom is -0.458 e. The van der Waals surface area contributed by atoms with Gasteiger partial charge in [-0.3, -0.25) is 4.79 Å². The molecule has 10 heteroatoms. The second-order valence-corrected chi connectivity index (χ2v) is 7.54. The summed E-state index contributed by atoms with van der Waals surface area (Å²) in [6.07, 6.45) is -4.81. The fourth-order valence-electron chi connectivity index (χ4n) is 2.50. The van der Waals surface area contributed by atoms with E-state index in [0.29, 0.717) is 6.07 Å². The number of nitrogens with zero attached hydrogens (tertiary/aromatic N) is 3. The van der Waals surface area contributed by atoms with Crippen LogP contribution in [0.4, 0.5) is 24.5 Å². The summed E-state index contributed by atoms with van der Waals surface area (Å²) in [6, 6.07) is 1.89. The van der Waals surface area contributed by atoms with Crippen molar-refractivity contribution in [2.75, 3.05) is 5.32 Å². The maximum absolute atomic E-state index is 13.1. The van der Waals surface area contributed by atoms with E-state index >= 15 is 0 Å². The third-order valence-electron chi connectivity index (χ3n) is 3.86. The first-order chi connectivity index (χ1) is 12.7. The molecular weight excluding hydrogens is 377 g/mol. The van der Waals surface area contributed by atoms with Gasteiger partial charge in [-0.1, -0.05) is 6.07 Å². The highest BCUT2D eigenvalue weighted by atomic mass is 19.4. The van der Waals surface area contributed by atoms with Gasteiger partial charge in [-0.25, -0.2) is 9.64 Å². The quantitative estimate of drug-likeness (QED) is 0.602. The van der Waals surface area contributed by atoms with Gasteiger partial charge in [0, 0.05) is 12.1 Å². The number of carbonyl (C=O) groups excluding carboxylic acids is 2. The van der Waals surface area contributed by atoms with Crippen molar-refractivity contribution in [1.82, 2.24) is 0 Å². The molecule has 2 rings (SSSR count). The minimum atomic E-state index is -4.74. The molecule has 0 aromatic heterocycles. The van der Waals surface area contributed by atoms with E-state index in [9.17, 15) is 22.8 Å². The summed E-state index contributed by atoms with van der Waals surface area (Å²) in [5.41, 5.74) is -4.01. The van der Waals surface area contributed by atoms with Crippen molar-refractivity contribution in [1.29, 1.82) is 0 Å². The van der Waals surface area contributed by atoms with Crippen molar-refractivity contribution in [2.24, 2.45) is 10.2 Å². The first-order valence-corrected chi connectivity index (χ1v) is 8.30. The summed E-state index contributed by atoms with van der Waals surface area (Å²) in [4.78, 5) is 27.5. The van der Waals surface area contributed by atoms with Crippen molar-refractivity contribution in [3.8, 4) is 0 Å². The molecule has 1 aromatic rings. The van der Waals surface area contributed by atoms with Gasteiger partial charge in [0.25, 0.3) is 5.91 Å². The zero-order chi connectivity index (χ0) is 21.3. The Morgan fingerprint density at radius 1 is 1.32 bits per heavy atom. The molecule has 28 heavy (non-hydrogen) atoms. The van der Waals surface area contributed by atoms with Gasteiger partial charge in [0.15, 0.2) is 17.3 Å². The van der Waals surface area contributed by atoms with E-state index in [-0.39, 0.29) is 12.1 Å². The lowest BCUT2D eigenvalue weighted by atomic mass is 9.94. The first-order valence-electron chi connectivity index (χ1n) is 8.30. The number of alkyl halides is 3. The third-order valence-corrected chi connectivity index (χ3v) is 3.86. The fourth-order valence-corrected chi connectivity index (χ4v) is 2.50. The Kier molecular flexibility index (Phi) is 5.50. The normalized spacial score (nSPS) is 21.9. The van der Waals surface area contributed by atoms with Crippen LogP contribution in [0.3, 0.4) is 0 Å². The van der Waals surface area contributed by atoms with Gasteiger partial charge in [-0.2, -0.15) is 23.4 Å². The number of rotatable bonds is 3. The number of halogens is 3. The van der Waals surface area contributed by atoms with Crippen LogP contribution in [-0.2, 0) is 20.5 Å². The minimum absolute atomic E-state index is 0.0694. The Labute approximate surface area is 159 Å². The van der Waals surface area contributed by atoms with E-state index in [1.807, 2.05) is 0 Å². The molecule has 0 bridgehead atoms. The number of benzene rings is 1. The molecular formula is C18H19F3N4O3. The highest BCUT2D eigenvalue weighted by molar-refractivity contribution is 5.99. The van der Waals surface area contributed by atoms with E-state index in [1.54, 1.807) is 20.8 Å². The Morgan fingerprint density at radius 2 is 1.96 bits per heavy atom. The SMILES string of the molecule is [C-]#[N+]c1ccc(NC(=O)C2(C)CC(C(=O)OC(C)(C)C)N=N2)cc1C(F)(F)F. The van der Waals surface area contributed by atoms with E-state index in [2.05, 4.69) is 20.4 Å². The van der Waals surface area contributed by atoms with Crippen LogP contribution >= 0.6 is 0 Å². The van der Waals surface area contributed by atoms with Gasteiger partial charge in [0.2, 0.25) is 0 Å². The van der Waals surface area contributed by atoms with Crippen LogP contribution in [0.1, 0.15) is 39.7 Å². The van der Waals surface area contributed by atoms with Crippen molar-refractivity contribution < 1.29 is 27.5 Å². The number of esters is 1. The second-order valence-electron chi connectivity index (χ2n) is 7.54. The molecule has 150 valence electrons. The molecule has 0 saturated carbocycles. The molecule has 7 nitrogen and oxygen atoms in total. The molecule has 1 aliphatic rings. The zero-order valence-electron chi connectivity index (χ0n) is 15.7. The summed E-state index contributed by atoms with van der Waals surface area (Å²) in [5.74, 6) is -1.35. The summed E-state index contributed by atoms with van der Waals surface area (Å²) in [7, 11) is 0. The van der Waals surface area contributed by atoms with Gasteiger partial charge >= 0.3 is 12.1 Å². The van der Waals surface area contributed by atoms with Gasteiger partial charge < -0.3 is 10.1 Å². The smallest absolute Gasteiger partial charge is 0.407 e. The Balaban J connectivity index is 2.15. The predicted molar refractivity (Wildman–Crippen MR) is 93.8 cm³/mol. The van der Waals surface area contributed by atoms with Crippen LogP contribution in [0.15, 0.2) is 28.4 Å². The van der Waals surface area contributed by atoms with Crippen LogP contribution in [0.25, 0.3) is 4.85 Å². The third kappa shape index (κ3) is 4.85. The van der Waals surface area contributed by atoms with Gasteiger partial charge in [0.1, 0.15) is 5.60 Å². The lowest BCUT2D eigenvalue weighted by Crippen LogP contribution is -2.40. The molecule has 1 aromatic carbocycles. The number of hydrogen-bond donors (Lipinski definition) is 1. The number of hydrogen-bond acceptors (Lipinski definition) is 5. The molecule has 2 unspecified atom stereocenters. The number of nitrogens with one attached hydrogen (secondary N) is 1. The molecule has 0 radical (unpaired) electrons. The second kappa shape index (κ2) is 7.22. The van der Waals surface area contributed by atoms with Crippen molar-refractivity contribution in [3.63, 3.8) is 0 Å². The monoisotopic (exact) mass is 396 g/mol. The average molecular weight is 396 g/mol. The van der Waals surface area contributed by atoms with E-state index in [0.717, 1.165) is 6.07 Å². The summed E-state index contributed by atoms with van der Waals surface area (Å²) in [6.45, 7) is 13.3. The van der Waals surface area contributed by atoms with Gasteiger partial charge in [-0.05, 0) is 39.8 Å². The molecule has 0 fully saturated rings. The lowest BCUT2D eigenvalue weighted by molar-refractivity contribution is -0.156. The van der Waals surface area contributed by atoms with E-state index in [4.69, 9.17) is 11.3 Å². The van der Waals surface area contributed by atoms with Crippen molar-refractivity contribution in [2.45, 2.75) is 57.5 Å². The van der Waals surface area contributed by atoms with Gasteiger partial charge in [-0.15, -0.1) is 0 Å². The molecule has 0 saturated heterocycles. The molecule has 1 N–H and O–H groups in total. The van der Waals surface area contributed by atoms with Crippen LogP contribution in [0.2, 0.25) is 0 Å². The van der Waals surface area contributed by atoms with Crippen LogP contribution in [-0.4, -0.2) is 29.1 Å². The molecule has 1 heterocycles. The topological polar surface area (TPSA) is 84.5 Å². The molecule has 2 atom stereocenters. The largest absolute Gasteiger partial charge is 0.458 e. The van der Waals surface area contributed by atoms with Crippen LogP contribution in [0.5, 0.6) is 0 Å². The Bertz CT molecular complexity index is 868. The Hall–Kier alpha value is -2.96. The van der Waals surface area contributed by atoms with E-state index in [1.165, 1.54) is 13.0 Å². The van der Waals surface area contributed by atoms with Crippen LogP contribution < -0.4 is 5.32 Å². The zero-order valence-corrected chi connectivity index (χ0v) is 15.7. The number of anilines is 1. The van der Waals surface area contributed by atoms with Crippen molar-refractivity contribution in [3.05, 3.63) is 35.2 Å². The maximum Gasteiger partial charge on any atom is 0.407 e.